The summed E-state index contributed by atoms with van der Waals surface area (Å²) in [7, 11) is 1.53. The molecule has 1 amide bonds. The molecule has 0 atom stereocenters. The van der Waals surface area contributed by atoms with Crippen LogP contribution >= 0.6 is 0 Å². The van der Waals surface area contributed by atoms with Crippen molar-refractivity contribution in [2.24, 2.45) is 5.92 Å². The van der Waals surface area contributed by atoms with Crippen LogP contribution in [0.4, 0.5) is 5.69 Å². The molecule has 1 heterocycles. The van der Waals surface area contributed by atoms with Crippen LogP contribution in [-0.2, 0) is 0 Å². The molecular formula is C14H20N2O3. The van der Waals surface area contributed by atoms with E-state index >= 15 is 0 Å². The molecule has 1 aliphatic heterocycles. The molecule has 2 rings (SSSR count). The fraction of sp³-hybridized carbons (Fsp3) is 0.500. The molecule has 0 spiro atoms. The maximum Gasteiger partial charge on any atom is 0.256 e. The molecule has 0 radical (unpaired) electrons. The lowest BCUT2D eigenvalue weighted by Crippen LogP contribution is -2.39. The van der Waals surface area contributed by atoms with E-state index in [0.717, 1.165) is 12.8 Å². The van der Waals surface area contributed by atoms with E-state index in [1.54, 1.807) is 23.1 Å². The van der Waals surface area contributed by atoms with Gasteiger partial charge in [-0.15, -0.1) is 0 Å². The zero-order chi connectivity index (χ0) is 13.8. The van der Waals surface area contributed by atoms with Crippen LogP contribution in [-0.4, -0.2) is 42.7 Å². The van der Waals surface area contributed by atoms with E-state index in [0.29, 0.717) is 36.0 Å². The standard InChI is InChI=1S/C14H20N2O3/c1-19-12-4-2-3-11(13(12)15)14(18)16-7-5-10(9-17)6-8-16/h2-4,10,17H,5-9,15H2,1H3. The molecule has 104 valence electrons. The maximum atomic E-state index is 12.4. The van der Waals surface area contributed by atoms with Gasteiger partial charge in [0, 0.05) is 19.7 Å². The lowest BCUT2D eigenvalue weighted by atomic mass is 9.97. The van der Waals surface area contributed by atoms with Crippen LogP contribution < -0.4 is 10.5 Å². The van der Waals surface area contributed by atoms with Crippen molar-refractivity contribution in [2.75, 3.05) is 32.5 Å². The number of para-hydroxylation sites is 1. The van der Waals surface area contributed by atoms with Gasteiger partial charge in [-0.3, -0.25) is 4.79 Å². The molecule has 0 bridgehead atoms. The second-order valence-electron chi connectivity index (χ2n) is 4.84. The van der Waals surface area contributed by atoms with Gasteiger partial charge in [0.05, 0.1) is 18.4 Å². The Bertz CT molecular complexity index is 454. The van der Waals surface area contributed by atoms with Gasteiger partial charge >= 0.3 is 0 Å². The van der Waals surface area contributed by atoms with Gasteiger partial charge in [0.2, 0.25) is 0 Å². The van der Waals surface area contributed by atoms with Crippen LogP contribution in [0.3, 0.4) is 0 Å². The number of aliphatic hydroxyl groups is 1. The van der Waals surface area contributed by atoms with Gasteiger partial charge in [0.25, 0.3) is 5.91 Å². The third-order valence-electron chi connectivity index (χ3n) is 3.68. The summed E-state index contributed by atoms with van der Waals surface area (Å²) in [6.45, 7) is 1.53. The molecule has 1 saturated heterocycles. The van der Waals surface area contributed by atoms with E-state index in [2.05, 4.69) is 0 Å². The van der Waals surface area contributed by atoms with E-state index in [9.17, 15) is 4.79 Å². The normalized spacial score (nSPS) is 16.4. The van der Waals surface area contributed by atoms with Gasteiger partial charge in [-0.1, -0.05) is 6.07 Å². The third-order valence-corrected chi connectivity index (χ3v) is 3.68. The first-order valence-electron chi connectivity index (χ1n) is 6.50. The number of piperidine rings is 1. The lowest BCUT2D eigenvalue weighted by molar-refractivity contribution is 0.0651. The third kappa shape index (κ3) is 2.81. The number of methoxy groups -OCH3 is 1. The van der Waals surface area contributed by atoms with Crippen molar-refractivity contribution >= 4 is 11.6 Å². The number of nitrogen functional groups attached to an aromatic ring is 1. The highest BCUT2D eigenvalue weighted by molar-refractivity contribution is 6.00. The number of carbonyl (C=O) groups excluding carboxylic acids is 1. The van der Waals surface area contributed by atoms with Gasteiger partial charge in [-0.25, -0.2) is 0 Å². The summed E-state index contributed by atoms with van der Waals surface area (Å²) in [5.41, 5.74) is 6.82. The topological polar surface area (TPSA) is 75.8 Å². The number of nitrogens with zero attached hydrogens (tertiary/aromatic N) is 1. The van der Waals surface area contributed by atoms with E-state index < -0.39 is 0 Å². The summed E-state index contributed by atoms with van der Waals surface area (Å²) in [6.07, 6.45) is 1.68. The van der Waals surface area contributed by atoms with Gasteiger partial charge in [0.15, 0.2) is 0 Å². The number of likely N-dealkylation sites (tertiary alicyclic amines) is 1. The summed E-state index contributed by atoms with van der Waals surface area (Å²) < 4.78 is 5.13. The number of rotatable bonds is 3. The number of anilines is 1. The second-order valence-corrected chi connectivity index (χ2v) is 4.84. The highest BCUT2D eigenvalue weighted by Gasteiger charge is 2.24. The van der Waals surface area contributed by atoms with Crippen molar-refractivity contribution in [3.8, 4) is 5.75 Å². The van der Waals surface area contributed by atoms with Gasteiger partial charge in [-0.2, -0.15) is 0 Å². The zero-order valence-corrected chi connectivity index (χ0v) is 11.1. The molecule has 5 heteroatoms. The zero-order valence-electron chi connectivity index (χ0n) is 11.1. The van der Waals surface area contributed by atoms with Crippen molar-refractivity contribution < 1.29 is 14.6 Å². The van der Waals surface area contributed by atoms with Crippen LogP contribution in [0.5, 0.6) is 5.75 Å². The SMILES string of the molecule is COc1cccc(C(=O)N2CCC(CO)CC2)c1N. The van der Waals surface area contributed by atoms with Crippen molar-refractivity contribution in [2.45, 2.75) is 12.8 Å². The Morgan fingerprint density at radius 3 is 2.74 bits per heavy atom. The van der Waals surface area contributed by atoms with Gasteiger partial charge in [0.1, 0.15) is 5.75 Å². The number of carbonyl (C=O) groups is 1. The van der Waals surface area contributed by atoms with Crippen LogP contribution in [0.2, 0.25) is 0 Å². The van der Waals surface area contributed by atoms with Crippen molar-refractivity contribution in [3.05, 3.63) is 23.8 Å². The van der Waals surface area contributed by atoms with E-state index in [1.165, 1.54) is 7.11 Å². The number of nitrogens with two attached hydrogens (primary N) is 1. The first kappa shape index (κ1) is 13.7. The van der Waals surface area contributed by atoms with Gasteiger partial charge in [-0.05, 0) is 30.9 Å². The minimum absolute atomic E-state index is 0.0622. The van der Waals surface area contributed by atoms with E-state index in [4.69, 9.17) is 15.6 Å². The van der Waals surface area contributed by atoms with Crippen molar-refractivity contribution in [1.29, 1.82) is 0 Å². The van der Waals surface area contributed by atoms with Gasteiger partial charge < -0.3 is 20.5 Å². The number of aliphatic hydroxyl groups excluding tert-OH is 1. The molecule has 0 aliphatic carbocycles. The molecule has 3 N–H and O–H groups in total. The molecule has 1 fully saturated rings. The Hall–Kier alpha value is -1.75. The van der Waals surface area contributed by atoms with Crippen LogP contribution in [0.1, 0.15) is 23.2 Å². The molecule has 0 saturated carbocycles. The molecule has 1 aromatic rings. The Morgan fingerprint density at radius 1 is 1.47 bits per heavy atom. The average molecular weight is 264 g/mol. The molecule has 0 aromatic heterocycles. The number of benzene rings is 1. The summed E-state index contributed by atoms with van der Waals surface area (Å²) in [6, 6.07) is 5.23. The monoisotopic (exact) mass is 264 g/mol. The van der Waals surface area contributed by atoms with Crippen molar-refractivity contribution in [1.82, 2.24) is 4.90 Å². The van der Waals surface area contributed by atoms with Crippen LogP contribution in [0.25, 0.3) is 0 Å². The summed E-state index contributed by atoms with van der Waals surface area (Å²) in [5.74, 6) is 0.774. The lowest BCUT2D eigenvalue weighted by Gasteiger charge is -2.31. The maximum absolute atomic E-state index is 12.4. The molecule has 19 heavy (non-hydrogen) atoms. The highest BCUT2D eigenvalue weighted by Crippen LogP contribution is 2.27. The fourth-order valence-electron chi connectivity index (χ4n) is 2.40. The second kappa shape index (κ2) is 5.93. The smallest absolute Gasteiger partial charge is 0.256 e. The Morgan fingerprint density at radius 2 is 2.16 bits per heavy atom. The summed E-state index contributed by atoms with van der Waals surface area (Å²) >= 11 is 0. The van der Waals surface area contributed by atoms with E-state index in [-0.39, 0.29) is 12.5 Å². The molecule has 1 aromatic carbocycles. The quantitative estimate of drug-likeness (QED) is 0.802. The molecule has 5 nitrogen and oxygen atoms in total. The minimum Gasteiger partial charge on any atom is -0.495 e. The number of hydrogen-bond acceptors (Lipinski definition) is 4. The largest absolute Gasteiger partial charge is 0.495 e. The highest BCUT2D eigenvalue weighted by atomic mass is 16.5. The predicted octanol–water partition coefficient (Wildman–Crippen LogP) is 1.12. The Balaban J connectivity index is 2.12. The first-order valence-corrected chi connectivity index (χ1v) is 6.50. The van der Waals surface area contributed by atoms with Crippen molar-refractivity contribution in [3.63, 3.8) is 0 Å². The molecule has 1 aliphatic rings. The summed E-state index contributed by atoms with van der Waals surface area (Å²) in [5, 5.41) is 9.11. The molecular weight excluding hydrogens is 244 g/mol. The molecule has 0 unspecified atom stereocenters. The number of ether oxygens (including phenoxy) is 1. The van der Waals surface area contributed by atoms with E-state index in [1.807, 2.05) is 0 Å². The fourth-order valence-corrected chi connectivity index (χ4v) is 2.40. The summed E-state index contributed by atoms with van der Waals surface area (Å²) in [4.78, 5) is 14.2. The average Bonchev–Trinajstić information content (AvgIpc) is 2.47. The number of hydrogen-bond donors (Lipinski definition) is 2. The van der Waals surface area contributed by atoms with Crippen LogP contribution in [0, 0.1) is 5.92 Å². The first-order chi connectivity index (χ1) is 9.17. The van der Waals surface area contributed by atoms with Crippen LogP contribution in [0.15, 0.2) is 18.2 Å². The Kier molecular flexibility index (Phi) is 4.27. The number of amides is 1. The Labute approximate surface area is 113 Å². The predicted molar refractivity (Wildman–Crippen MR) is 73.1 cm³/mol. The minimum atomic E-state index is -0.0622.